The molecule has 0 saturated carbocycles. The SMILES string of the molecule is O=C1C[C@H]([NH+]2CCC(O)CC2)C(=O)N1c1ccccc1. The number of aliphatic hydroxyl groups is 1. The second-order valence-electron chi connectivity index (χ2n) is 5.55. The number of carbonyl (C=O) groups excluding carboxylic acids is 2. The molecule has 20 heavy (non-hydrogen) atoms. The van der Waals surface area contributed by atoms with E-state index < -0.39 is 0 Å². The summed E-state index contributed by atoms with van der Waals surface area (Å²) in [4.78, 5) is 27.1. The lowest BCUT2D eigenvalue weighted by Crippen LogP contribution is -3.17. The van der Waals surface area contributed by atoms with Crippen molar-refractivity contribution in [2.45, 2.75) is 31.4 Å². The van der Waals surface area contributed by atoms with Crippen LogP contribution in [0.3, 0.4) is 0 Å². The van der Waals surface area contributed by atoms with E-state index in [4.69, 9.17) is 0 Å². The van der Waals surface area contributed by atoms with Crippen molar-refractivity contribution in [1.29, 1.82) is 0 Å². The van der Waals surface area contributed by atoms with Crippen LogP contribution in [0.25, 0.3) is 0 Å². The summed E-state index contributed by atoms with van der Waals surface area (Å²) < 4.78 is 0. The summed E-state index contributed by atoms with van der Waals surface area (Å²) >= 11 is 0. The quantitative estimate of drug-likeness (QED) is 0.706. The molecule has 2 aliphatic heterocycles. The van der Waals surface area contributed by atoms with Gasteiger partial charge in [0.1, 0.15) is 0 Å². The smallest absolute Gasteiger partial charge is 0.292 e. The van der Waals surface area contributed by atoms with Crippen molar-refractivity contribution in [3.05, 3.63) is 30.3 Å². The van der Waals surface area contributed by atoms with E-state index >= 15 is 0 Å². The van der Waals surface area contributed by atoms with E-state index in [0.29, 0.717) is 18.5 Å². The maximum absolute atomic E-state index is 12.5. The first-order valence-corrected chi connectivity index (χ1v) is 7.11. The Morgan fingerprint density at radius 2 is 1.75 bits per heavy atom. The van der Waals surface area contributed by atoms with E-state index in [9.17, 15) is 14.7 Å². The molecule has 0 bridgehead atoms. The van der Waals surface area contributed by atoms with Crippen molar-refractivity contribution in [1.82, 2.24) is 0 Å². The number of amides is 2. The summed E-state index contributed by atoms with van der Waals surface area (Å²) in [7, 11) is 0. The van der Waals surface area contributed by atoms with Gasteiger partial charge in [-0.1, -0.05) is 18.2 Å². The zero-order chi connectivity index (χ0) is 14.1. The van der Waals surface area contributed by atoms with Crippen LogP contribution in [-0.2, 0) is 9.59 Å². The number of piperidine rings is 1. The maximum Gasteiger partial charge on any atom is 0.292 e. The van der Waals surface area contributed by atoms with E-state index in [1.54, 1.807) is 12.1 Å². The Morgan fingerprint density at radius 3 is 2.40 bits per heavy atom. The molecule has 0 unspecified atom stereocenters. The molecule has 5 heteroatoms. The first kappa shape index (κ1) is 13.3. The number of nitrogens with zero attached hydrogens (tertiary/aromatic N) is 1. The van der Waals surface area contributed by atoms with Crippen LogP contribution >= 0.6 is 0 Å². The predicted octanol–water partition coefficient (Wildman–Crippen LogP) is -0.642. The number of benzene rings is 1. The minimum absolute atomic E-state index is 0.104. The van der Waals surface area contributed by atoms with Gasteiger partial charge in [-0.05, 0) is 12.1 Å². The Balaban J connectivity index is 1.77. The van der Waals surface area contributed by atoms with Crippen molar-refractivity contribution in [3.63, 3.8) is 0 Å². The number of carbonyl (C=O) groups is 2. The molecule has 3 rings (SSSR count). The van der Waals surface area contributed by atoms with E-state index in [2.05, 4.69) is 0 Å². The van der Waals surface area contributed by atoms with Gasteiger partial charge in [-0.3, -0.25) is 9.59 Å². The molecular weight excluding hydrogens is 256 g/mol. The van der Waals surface area contributed by atoms with Crippen molar-refractivity contribution in [3.8, 4) is 0 Å². The van der Waals surface area contributed by atoms with Gasteiger partial charge in [0, 0.05) is 12.8 Å². The third-order valence-electron chi connectivity index (χ3n) is 4.25. The van der Waals surface area contributed by atoms with Crippen LogP contribution in [0, 0.1) is 0 Å². The Kier molecular flexibility index (Phi) is 3.54. The fourth-order valence-corrected chi connectivity index (χ4v) is 3.12. The van der Waals surface area contributed by atoms with Gasteiger partial charge < -0.3 is 10.0 Å². The number of likely N-dealkylation sites (tertiary alicyclic amines) is 1. The van der Waals surface area contributed by atoms with Gasteiger partial charge in [0.25, 0.3) is 5.91 Å². The highest BCUT2D eigenvalue weighted by atomic mass is 16.3. The fourth-order valence-electron chi connectivity index (χ4n) is 3.12. The molecule has 0 radical (unpaired) electrons. The van der Waals surface area contributed by atoms with Gasteiger partial charge >= 0.3 is 0 Å². The Labute approximate surface area is 117 Å². The van der Waals surface area contributed by atoms with Crippen LogP contribution in [0.1, 0.15) is 19.3 Å². The van der Waals surface area contributed by atoms with Crippen molar-refractivity contribution in [2.24, 2.45) is 0 Å². The predicted molar refractivity (Wildman–Crippen MR) is 73.3 cm³/mol. The number of hydrogen-bond donors (Lipinski definition) is 2. The molecule has 1 atom stereocenters. The van der Waals surface area contributed by atoms with Crippen LogP contribution in [-0.4, -0.2) is 42.2 Å². The minimum atomic E-state index is -0.282. The minimum Gasteiger partial charge on any atom is -0.393 e. The van der Waals surface area contributed by atoms with Gasteiger partial charge in [-0.25, -0.2) is 4.90 Å². The molecule has 0 spiro atoms. The van der Waals surface area contributed by atoms with Gasteiger partial charge in [-0.2, -0.15) is 0 Å². The number of quaternary nitrogens is 1. The van der Waals surface area contributed by atoms with Crippen molar-refractivity contribution in [2.75, 3.05) is 18.0 Å². The molecule has 2 amide bonds. The van der Waals surface area contributed by atoms with E-state index in [1.807, 2.05) is 18.2 Å². The molecule has 2 fully saturated rings. The molecule has 1 aromatic rings. The molecular formula is C15H19N2O3+. The lowest BCUT2D eigenvalue weighted by atomic mass is 10.1. The molecule has 2 heterocycles. The number of hydrogen-bond acceptors (Lipinski definition) is 3. The zero-order valence-electron chi connectivity index (χ0n) is 11.3. The Hall–Kier alpha value is -1.72. The van der Waals surface area contributed by atoms with E-state index in [-0.39, 0.29) is 30.4 Å². The van der Waals surface area contributed by atoms with Crippen molar-refractivity contribution < 1.29 is 19.6 Å². The number of anilines is 1. The molecule has 1 aromatic carbocycles. The normalized spacial score (nSPS) is 30.9. The van der Waals surface area contributed by atoms with Crippen LogP contribution in [0.4, 0.5) is 5.69 Å². The summed E-state index contributed by atoms with van der Waals surface area (Å²) in [6.07, 6.45) is 1.44. The lowest BCUT2D eigenvalue weighted by molar-refractivity contribution is -0.920. The van der Waals surface area contributed by atoms with E-state index in [1.165, 1.54) is 4.90 Å². The van der Waals surface area contributed by atoms with Gasteiger partial charge in [0.15, 0.2) is 6.04 Å². The maximum atomic E-state index is 12.5. The highest BCUT2D eigenvalue weighted by molar-refractivity contribution is 6.21. The zero-order valence-corrected chi connectivity index (χ0v) is 11.3. The third-order valence-corrected chi connectivity index (χ3v) is 4.25. The number of para-hydroxylation sites is 1. The first-order chi connectivity index (χ1) is 9.66. The fraction of sp³-hybridized carbons (Fsp3) is 0.467. The average Bonchev–Trinajstić information content (AvgIpc) is 2.76. The lowest BCUT2D eigenvalue weighted by Gasteiger charge is -2.29. The molecule has 2 saturated heterocycles. The second kappa shape index (κ2) is 5.34. The topological polar surface area (TPSA) is 62.1 Å². The third kappa shape index (κ3) is 2.34. The largest absolute Gasteiger partial charge is 0.393 e. The molecule has 5 nitrogen and oxygen atoms in total. The molecule has 106 valence electrons. The Bertz CT molecular complexity index is 509. The number of nitrogens with one attached hydrogen (secondary N) is 1. The summed E-state index contributed by atoms with van der Waals surface area (Å²) in [5, 5.41) is 9.54. The number of rotatable bonds is 2. The van der Waals surface area contributed by atoms with Gasteiger partial charge in [-0.15, -0.1) is 0 Å². The summed E-state index contributed by atoms with van der Waals surface area (Å²) in [6, 6.07) is 8.81. The second-order valence-corrected chi connectivity index (χ2v) is 5.55. The first-order valence-electron chi connectivity index (χ1n) is 7.11. The van der Waals surface area contributed by atoms with Crippen LogP contribution in [0.15, 0.2) is 30.3 Å². The summed E-state index contributed by atoms with van der Waals surface area (Å²) in [5.74, 6) is -0.225. The highest BCUT2D eigenvalue weighted by Gasteiger charge is 2.46. The molecule has 0 aliphatic carbocycles. The standard InChI is InChI=1S/C15H18N2O3/c18-12-6-8-16(9-7-12)13-10-14(19)17(15(13)20)11-4-2-1-3-5-11/h1-5,12-13,18H,6-10H2/p+1/t13-/m0/s1. The van der Waals surface area contributed by atoms with Gasteiger partial charge in [0.05, 0.1) is 31.3 Å². The highest BCUT2D eigenvalue weighted by Crippen LogP contribution is 2.21. The van der Waals surface area contributed by atoms with E-state index in [0.717, 1.165) is 18.0 Å². The summed E-state index contributed by atoms with van der Waals surface area (Å²) in [6.45, 7) is 1.51. The molecule has 0 aromatic heterocycles. The number of imide groups is 1. The molecule has 2 N–H and O–H groups in total. The summed E-state index contributed by atoms with van der Waals surface area (Å²) in [5.41, 5.74) is 0.654. The van der Waals surface area contributed by atoms with Crippen LogP contribution in [0.2, 0.25) is 0 Å². The average molecular weight is 275 g/mol. The number of aliphatic hydroxyl groups excluding tert-OH is 1. The van der Waals surface area contributed by atoms with Crippen LogP contribution < -0.4 is 9.80 Å². The van der Waals surface area contributed by atoms with Crippen LogP contribution in [0.5, 0.6) is 0 Å². The monoisotopic (exact) mass is 275 g/mol. The van der Waals surface area contributed by atoms with Crippen molar-refractivity contribution >= 4 is 17.5 Å². The molecule has 2 aliphatic rings. The van der Waals surface area contributed by atoms with Gasteiger partial charge in [0.2, 0.25) is 5.91 Å². The Morgan fingerprint density at radius 1 is 1.10 bits per heavy atom.